The van der Waals surface area contributed by atoms with E-state index in [1.54, 1.807) is 4.90 Å². The van der Waals surface area contributed by atoms with E-state index < -0.39 is 29.5 Å². The summed E-state index contributed by atoms with van der Waals surface area (Å²) >= 11 is 1.84. The Morgan fingerprint density at radius 3 is 2.64 bits per heavy atom. The highest BCUT2D eigenvalue weighted by atomic mass is 32.2. The van der Waals surface area contributed by atoms with Crippen LogP contribution in [0.2, 0.25) is 0 Å². The SMILES string of the molecule is COC(=O)[C@]12C[C@H](CC(=O)N3CCSCC3)C(=O)N(CCC3=CCCCC3)C1=C[C@H](COCc1ccccc1)O[C@@H]2C. The molecule has 228 valence electrons. The highest BCUT2D eigenvalue weighted by molar-refractivity contribution is 7.99. The monoisotopic (exact) mass is 596 g/mol. The molecule has 0 spiro atoms. The number of thioether (sulfide) groups is 1. The van der Waals surface area contributed by atoms with Crippen molar-refractivity contribution in [2.45, 2.75) is 70.7 Å². The molecule has 0 N–H and O–H groups in total. The van der Waals surface area contributed by atoms with Gasteiger partial charge in [0.05, 0.1) is 26.4 Å². The standard InChI is InChI=1S/C33H44N2O6S/c1-24-33(32(38)39-2)21-27(19-30(36)34-15-17-42-18-16-34)31(37)35(14-13-25-9-5-3-6-10-25)29(33)20-28(41-24)23-40-22-26-11-7-4-8-12-26/h4,7-9,11-12,20,24,27-28H,3,5-6,10,13-19,21-23H2,1-2H3/t24-,27+,28-,33+/m1/s1. The van der Waals surface area contributed by atoms with Crippen molar-refractivity contribution in [3.05, 3.63) is 59.3 Å². The predicted molar refractivity (Wildman–Crippen MR) is 162 cm³/mol. The van der Waals surface area contributed by atoms with E-state index in [1.165, 1.54) is 19.1 Å². The number of methoxy groups -OCH3 is 1. The summed E-state index contributed by atoms with van der Waals surface area (Å²) in [4.78, 5) is 44.9. The molecule has 3 heterocycles. The molecule has 5 rings (SSSR count). The van der Waals surface area contributed by atoms with Crippen LogP contribution in [-0.4, -0.2) is 84.6 Å². The van der Waals surface area contributed by atoms with E-state index in [2.05, 4.69) is 6.08 Å². The molecule has 9 heteroatoms. The number of esters is 1. The van der Waals surface area contributed by atoms with Crippen molar-refractivity contribution in [3.8, 4) is 0 Å². The van der Waals surface area contributed by atoms with Crippen LogP contribution in [0.1, 0.15) is 57.4 Å². The van der Waals surface area contributed by atoms with Crippen molar-refractivity contribution in [1.82, 2.24) is 9.80 Å². The van der Waals surface area contributed by atoms with Crippen molar-refractivity contribution < 1.29 is 28.6 Å². The average molecular weight is 597 g/mol. The first-order valence-electron chi connectivity index (χ1n) is 15.3. The quantitative estimate of drug-likeness (QED) is 0.285. The molecule has 3 aliphatic heterocycles. The largest absolute Gasteiger partial charge is 0.468 e. The average Bonchev–Trinajstić information content (AvgIpc) is 3.02. The molecule has 0 saturated carbocycles. The molecule has 2 amide bonds. The number of carbonyl (C=O) groups is 3. The third-order valence-corrected chi connectivity index (χ3v) is 10.1. The number of fused-ring (bicyclic) bond motifs is 1. The van der Waals surface area contributed by atoms with Crippen molar-refractivity contribution in [2.75, 3.05) is 44.9 Å². The maximum absolute atomic E-state index is 14.2. The van der Waals surface area contributed by atoms with Gasteiger partial charge in [-0.15, -0.1) is 0 Å². The fraction of sp³-hybridized carbons (Fsp3) is 0.606. The van der Waals surface area contributed by atoms with Gasteiger partial charge >= 0.3 is 5.97 Å². The molecular formula is C33H44N2O6S. The van der Waals surface area contributed by atoms with E-state index in [-0.39, 0.29) is 24.7 Å². The molecule has 0 bridgehead atoms. The topological polar surface area (TPSA) is 85.4 Å². The van der Waals surface area contributed by atoms with E-state index in [4.69, 9.17) is 14.2 Å². The summed E-state index contributed by atoms with van der Waals surface area (Å²) in [5, 5.41) is 0. The fourth-order valence-electron chi connectivity index (χ4n) is 6.79. The Morgan fingerprint density at radius 2 is 1.93 bits per heavy atom. The lowest BCUT2D eigenvalue weighted by atomic mass is 9.66. The van der Waals surface area contributed by atoms with Crippen LogP contribution in [-0.2, 0) is 35.2 Å². The number of rotatable bonds is 10. The number of ether oxygens (including phenoxy) is 3. The maximum atomic E-state index is 14.2. The van der Waals surface area contributed by atoms with Gasteiger partial charge in [-0.2, -0.15) is 11.8 Å². The van der Waals surface area contributed by atoms with Gasteiger partial charge in [-0.3, -0.25) is 14.4 Å². The highest BCUT2D eigenvalue weighted by Crippen LogP contribution is 2.50. The summed E-state index contributed by atoms with van der Waals surface area (Å²) in [5.74, 6) is 0.654. The molecule has 4 atom stereocenters. The number of amides is 2. The van der Waals surface area contributed by atoms with Gasteiger partial charge in [0.15, 0.2) is 0 Å². The molecule has 2 saturated heterocycles. The normalized spacial score (nSPS) is 28.0. The van der Waals surface area contributed by atoms with Gasteiger partial charge in [0.1, 0.15) is 11.5 Å². The molecule has 42 heavy (non-hydrogen) atoms. The van der Waals surface area contributed by atoms with Gasteiger partial charge in [0, 0.05) is 49.2 Å². The van der Waals surface area contributed by atoms with Crippen molar-refractivity contribution in [1.29, 1.82) is 0 Å². The van der Waals surface area contributed by atoms with Gasteiger partial charge in [-0.25, -0.2) is 0 Å². The number of hydrogen-bond acceptors (Lipinski definition) is 7. The minimum atomic E-state index is -1.18. The lowest BCUT2D eigenvalue weighted by Gasteiger charge is -2.51. The minimum Gasteiger partial charge on any atom is -0.468 e. The molecule has 2 fully saturated rings. The summed E-state index contributed by atoms with van der Waals surface area (Å²) in [6.07, 6.45) is 8.68. The predicted octanol–water partition coefficient (Wildman–Crippen LogP) is 4.74. The summed E-state index contributed by atoms with van der Waals surface area (Å²) in [6.45, 7) is 4.47. The first kappa shape index (κ1) is 30.8. The number of piperidine rings is 1. The Bertz CT molecular complexity index is 1180. The Kier molecular flexibility index (Phi) is 10.4. The number of likely N-dealkylation sites (tertiary alicyclic amines) is 1. The van der Waals surface area contributed by atoms with Crippen LogP contribution >= 0.6 is 11.8 Å². The molecule has 0 radical (unpaired) electrons. The summed E-state index contributed by atoms with van der Waals surface area (Å²) in [7, 11) is 1.38. The van der Waals surface area contributed by atoms with Gasteiger partial charge in [0.25, 0.3) is 0 Å². The Morgan fingerprint density at radius 1 is 1.14 bits per heavy atom. The lowest BCUT2D eigenvalue weighted by molar-refractivity contribution is -0.178. The smallest absolute Gasteiger partial charge is 0.320 e. The third-order valence-electron chi connectivity index (χ3n) is 9.12. The molecule has 1 aliphatic carbocycles. The molecule has 8 nitrogen and oxygen atoms in total. The van der Waals surface area contributed by atoms with E-state index >= 15 is 0 Å². The first-order chi connectivity index (χ1) is 20.4. The van der Waals surface area contributed by atoms with Gasteiger partial charge < -0.3 is 24.0 Å². The van der Waals surface area contributed by atoms with Crippen molar-refractivity contribution >= 4 is 29.5 Å². The van der Waals surface area contributed by atoms with E-state index in [0.717, 1.165) is 42.8 Å². The molecule has 0 unspecified atom stereocenters. The number of carbonyl (C=O) groups excluding carboxylic acids is 3. The fourth-order valence-corrected chi connectivity index (χ4v) is 7.69. The highest BCUT2D eigenvalue weighted by Gasteiger charge is 2.59. The zero-order valence-electron chi connectivity index (χ0n) is 24.9. The second-order valence-electron chi connectivity index (χ2n) is 11.8. The van der Waals surface area contributed by atoms with E-state index in [9.17, 15) is 14.4 Å². The molecule has 1 aromatic carbocycles. The zero-order valence-corrected chi connectivity index (χ0v) is 25.7. The number of hydrogen-bond donors (Lipinski definition) is 0. The van der Waals surface area contributed by atoms with Gasteiger partial charge in [-0.1, -0.05) is 42.0 Å². The van der Waals surface area contributed by atoms with Crippen LogP contribution in [0.3, 0.4) is 0 Å². The van der Waals surface area contributed by atoms with Crippen LogP contribution in [0, 0.1) is 11.3 Å². The van der Waals surface area contributed by atoms with E-state index in [0.29, 0.717) is 38.5 Å². The Labute approximate surface area is 253 Å². The minimum absolute atomic E-state index is 0.0207. The van der Waals surface area contributed by atoms with Crippen molar-refractivity contribution in [2.24, 2.45) is 11.3 Å². The van der Waals surface area contributed by atoms with Crippen LogP contribution in [0.4, 0.5) is 0 Å². The van der Waals surface area contributed by atoms with Crippen LogP contribution < -0.4 is 0 Å². The zero-order chi connectivity index (χ0) is 29.5. The second kappa shape index (κ2) is 14.2. The summed E-state index contributed by atoms with van der Waals surface area (Å²) in [5.41, 5.74) is 1.88. The van der Waals surface area contributed by atoms with Gasteiger partial charge in [-0.05, 0) is 57.1 Å². The third kappa shape index (κ3) is 6.79. The second-order valence-corrected chi connectivity index (χ2v) is 13.0. The van der Waals surface area contributed by atoms with Crippen LogP contribution in [0.5, 0.6) is 0 Å². The van der Waals surface area contributed by atoms with Crippen LogP contribution in [0.15, 0.2) is 53.8 Å². The van der Waals surface area contributed by atoms with E-state index in [1.807, 2.05) is 60.0 Å². The Balaban J connectivity index is 1.42. The summed E-state index contributed by atoms with van der Waals surface area (Å²) in [6, 6.07) is 9.94. The first-order valence-corrected chi connectivity index (χ1v) is 16.5. The molecule has 1 aromatic rings. The number of allylic oxidation sites excluding steroid dienone is 1. The number of nitrogens with zero attached hydrogens (tertiary/aromatic N) is 2. The van der Waals surface area contributed by atoms with Gasteiger partial charge in [0.2, 0.25) is 11.8 Å². The molecular weight excluding hydrogens is 552 g/mol. The molecule has 0 aromatic heterocycles. The van der Waals surface area contributed by atoms with Crippen LogP contribution in [0.25, 0.3) is 0 Å². The van der Waals surface area contributed by atoms with Crippen molar-refractivity contribution in [3.63, 3.8) is 0 Å². The number of benzene rings is 1. The molecule has 4 aliphatic rings. The maximum Gasteiger partial charge on any atom is 0.320 e. The lowest BCUT2D eigenvalue weighted by Crippen LogP contribution is -2.60. The Hall–Kier alpha value is -2.62. The summed E-state index contributed by atoms with van der Waals surface area (Å²) < 4.78 is 17.8.